The van der Waals surface area contributed by atoms with Crippen LogP contribution in [0.25, 0.3) is 0 Å². The van der Waals surface area contributed by atoms with E-state index in [-0.39, 0.29) is 5.56 Å². The third-order valence-electron chi connectivity index (χ3n) is 4.29. The molecule has 144 valence electrons. The van der Waals surface area contributed by atoms with Crippen molar-refractivity contribution in [3.8, 4) is 5.75 Å². The molecule has 0 fully saturated rings. The van der Waals surface area contributed by atoms with Gasteiger partial charge in [-0.3, -0.25) is 0 Å². The molecule has 0 aliphatic heterocycles. The minimum atomic E-state index is -0.935. The maximum Gasteiger partial charge on any atom is 0.335 e. The van der Waals surface area contributed by atoms with Crippen LogP contribution in [0, 0.1) is 6.92 Å². The van der Waals surface area contributed by atoms with Crippen LogP contribution < -0.4 is 10.1 Å². The molecule has 3 aromatic rings. The molecule has 3 rings (SSSR count). The number of aromatic carboxylic acids is 1. The summed E-state index contributed by atoms with van der Waals surface area (Å²) >= 11 is 12.0. The van der Waals surface area contributed by atoms with Crippen molar-refractivity contribution in [3.63, 3.8) is 0 Å². The van der Waals surface area contributed by atoms with Crippen LogP contribution in [0.15, 0.2) is 60.7 Å². The van der Waals surface area contributed by atoms with Crippen LogP contribution in [0.4, 0.5) is 5.69 Å². The van der Waals surface area contributed by atoms with E-state index >= 15 is 0 Å². The fourth-order valence-corrected chi connectivity index (χ4v) is 3.09. The average Bonchev–Trinajstić information content (AvgIpc) is 2.68. The second kappa shape index (κ2) is 9.00. The first-order valence-corrected chi connectivity index (χ1v) is 9.42. The van der Waals surface area contributed by atoms with E-state index in [2.05, 4.69) is 5.32 Å². The van der Waals surface area contributed by atoms with Crippen molar-refractivity contribution in [2.45, 2.75) is 20.1 Å². The molecule has 0 saturated heterocycles. The Balaban J connectivity index is 1.68. The van der Waals surface area contributed by atoms with E-state index in [1.54, 1.807) is 30.3 Å². The van der Waals surface area contributed by atoms with Crippen LogP contribution in [0.1, 0.15) is 27.0 Å². The molecule has 2 N–H and O–H groups in total. The van der Waals surface area contributed by atoms with Gasteiger partial charge < -0.3 is 15.2 Å². The lowest BCUT2D eigenvalue weighted by Gasteiger charge is -2.14. The average molecular weight is 416 g/mol. The molecule has 0 unspecified atom stereocenters. The van der Waals surface area contributed by atoms with Gasteiger partial charge in [-0.1, -0.05) is 47.5 Å². The second-order valence-electron chi connectivity index (χ2n) is 6.33. The van der Waals surface area contributed by atoms with Crippen LogP contribution in [0.2, 0.25) is 10.0 Å². The van der Waals surface area contributed by atoms with Crippen molar-refractivity contribution in [1.82, 2.24) is 0 Å². The predicted molar refractivity (Wildman–Crippen MR) is 113 cm³/mol. The Bertz CT molecular complexity index is 1000. The van der Waals surface area contributed by atoms with Gasteiger partial charge >= 0.3 is 5.97 Å². The van der Waals surface area contributed by atoms with Crippen LogP contribution in [-0.2, 0) is 13.2 Å². The Kier molecular flexibility index (Phi) is 6.45. The Labute approximate surface area is 173 Å². The zero-order chi connectivity index (χ0) is 20.1. The van der Waals surface area contributed by atoms with Gasteiger partial charge in [0.05, 0.1) is 15.6 Å². The minimum absolute atomic E-state index is 0.272. The first-order valence-electron chi connectivity index (χ1n) is 8.66. The standard InChI is InChI=1S/C22H19Cl2NO3/c1-14-10-16(22(26)27)7-9-20(14)25-12-17-4-2-3-5-21(17)28-13-15-6-8-18(23)19(24)11-15/h2-11,25H,12-13H2,1H3,(H,26,27). The van der Waals surface area contributed by atoms with Gasteiger partial charge in [0.15, 0.2) is 0 Å². The number of rotatable bonds is 7. The summed E-state index contributed by atoms with van der Waals surface area (Å²) in [5.74, 6) is -0.170. The molecule has 0 bridgehead atoms. The number of hydrogen-bond acceptors (Lipinski definition) is 3. The predicted octanol–water partition coefficient (Wildman–Crippen LogP) is 6.19. The van der Waals surface area contributed by atoms with Gasteiger partial charge in [-0.05, 0) is 54.4 Å². The molecule has 0 radical (unpaired) electrons. The topological polar surface area (TPSA) is 58.6 Å². The number of carboxylic acids is 1. The molecular formula is C22H19Cl2NO3. The molecule has 6 heteroatoms. The zero-order valence-corrected chi connectivity index (χ0v) is 16.7. The quantitative estimate of drug-likeness (QED) is 0.482. The molecule has 3 aromatic carbocycles. The van der Waals surface area contributed by atoms with Gasteiger partial charge in [0.2, 0.25) is 0 Å². The van der Waals surface area contributed by atoms with Crippen molar-refractivity contribution in [2.24, 2.45) is 0 Å². The van der Waals surface area contributed by atoms with E-state index in [0.717, 1.165) is 28.1 Å². The van der Waals surface area contributed by atoms with Gasteiger partial charge in [-0.25, -0.2) is 4.79 Å². The highest BCUT2D eigenvalue weighted by Gasteiger charge is 2.08. The van der Waals surface area contributed by atoms with E-state index in [4.69, 9.17) is 33.0 Å². The van der Waals surface area contributed by atoms with Crippen molar-refractivity contribution >= 4 is 34.9 Å². The number of carbonyl (C=O) groups is 1. The highest BCUT2D eigenvalue weighted by atomic mass is 35.5. The monoisotopic (exact) mass is 415 g/mol. The number of ether oxygens (including phenoxy) is 1. The van der Waals surface area contributed by atoms with E-state index in [1.807, 2.05) is 37.3 Å². The number of carboxylic acid groups (broad SMARTS) is 1. The summed E-state index contributed by atoms with van der Waals surface area (Å²) in [6, 6.07) is 18.2. The van der Waals surface area contributed by atoms with Crippen molar-refractivity contribution in [1.29, 1.82) is 0 Å². The smallest absolute Gasteiger partial charge is 0.335 e. The largest absolute Gasteiger partial charge is 0.489 e. The fraction of sp³-hybridized carbons (Fsp3) is 0.136. The normalized spacial score (nSPS) is 10.5. The molecule has 0 saturated carbocycles. The molecule has 0 amide bonds. The van der Waals surface area contributed by atoms with E-state index in [9.17, 15) is 4.79 Å². The summed E-state index contributed by atoms with van der Waals surface area (Å²) in [6.07, 6.45) is 0. The maximum absolute atomic E-state index is 11.1. The summed E-state index contributed by atoms with van der Waals surface area (Å²) < 4.78 is 5.97. The summed E-state index contributed by atoms with van der Waals surface area (Å²) in [6.45, 7) is 2.80. The number of aryl methyl sites for hydroxylation is 1. The van der Waals surface area contributed by atoms with Gasteiger partial charge in [-0.2, -0.15) is 0 Å². The van der Waals surface area contributed by atoms with Gasteiger partial charge in [0.1, 0.15) is 12.4 Å². The SMILES string of the molecule is Cc1cc(C(=O)O)ccc1NCc1ccccc1OCc1ccc(Cl)c(Cl)c1. The Morgan fingerprint density at radius 3 is 2.54 bits per heavy atom. The summed E-state index contributed by atoms with van der Waals surface area (Å²) in [4.78, 5) is 11.1. The molecule has 4 nitrogen and oxygen atoms in total. The number of hydrogen-bond donors (Lipinski definition) is 2. The lowest BCUT2D eigenvalue weighted by atomic mass is 10.1. The molecule has 0 atom stereocenters. The molecule has 28 heavy (non-hydrogen) atoms. The Morgan fingerprint density at radius 1 is 1.04 bits per heavy atom. The van der Waals surface area contributed by atoms with Crippen LogP contribution in [0.3, 0.4) is 0 Å². The van der Waals surface area contributed by atoms with Crippen molar-refractivity contribution in [3.05, 3.63) is 93.0 Å². The molecule has 0 aromatic heterocycles. The Morgan fingerprint density at radius 2 is 1.82 bits per heavy atom. The fourth-order valence-electron chi connectivity index (χ4n) is 2.77. The van der Waals surface area contributed by atoms with E-state index in [0.29, 0.717) is 23.2 Å². The molecular weight excluding hydrogens is 397 g/mol. The van der Waals surface area contributed by atoms with Gasteiger partial charge in [0.25, 0.3) is 0 Å². The van der Waals surface area contributed by atoms with E-state index in [1.165, 1.54) is 0 Å². The number of nitrogens with one attached hydrogen (secondary N) is 1. The number of benzene rings is 3. The van der Waals surface area contributed by atoms with Gasteiger partial charge in [-0.15, -0.1) is 0 Å². The number of para-hydroxylation sites is 1. The lowest BCUT2D eigenvalue weighted by Crippen LogP contribution is -2.05. The molecule has 0 spiro atoms. The van der Waals surface area contributed by atoms with E-state index < -0.39 is 5.97 Å². The number of halogens is 2. The highest BCUT2D eigenvalue weighted by Crippen LogP contribution is 2.25. The Hall–Kier alpha value is -2.69. The molecule has 0 aliphatic rings. The lowest BCUT2D eigenvalue weighted by molar-refractivity contribution is 0.0697. The third-order valence-corrected chi connectivity index (χ3v) is 5.03. The van der Waals surface area contributed by atoms with Crippen molar-refractivity contribution < 1.29 is 14.6 Å². The second-order valence-corrected chi connectivity index (χ2v) is 7.15. The van der Waals surface area contributed by atoms with Crippen LogP contribution in [0.5, 0.6) is 5.75 Å². The van der Waals surface area contributed by atoms with Crippen LogP contribution in [-0.4, -0.2) is 11.1 Å². The van der Waals surface area contributed by atoms with Crippen molar-refractivity contribution in [2.75, 3.05) is 5.32 Å². The van der Waals surface area contributed by atoms with Gasteiger partial charge in [0, 0.05) is 17.8 Å². The van der Waals surface area contributed by atoms with Crippen LogP contribution >= 0.6 is 23.2 Å². The molecule has 0 aliphatic carbocycles. The third kappa shape index (κ3) is 4.97. The summed E-state index contributed by atoms with van der Waals surface area (Å²) in [5.41, 5.74) is 3.94. The number of anilines is 1. The molecule has 0 heterocycles. The highest BCUT2D eigenvalue weighted by molar-refractivity contribution is 6.42. The summed E-state index contributed by atoms with van der Waals surface area (Å²) in [7, 11) is 0. The minimum Gasteiger partial charge on any atom is -0.489 e. The first kappa shape index (κ1) is 20.1. The maximum atomic E-state index is 11.1. The first-order chi connectivity index (χ1) is 13.4. The summed E-state index contributed by atoms with van der Waals surface area (Å²) in [5, 5.41) is 13.4. The zero-order valence-electron chi connectivity index (χ0n) is 15.2.